The van der Waals surface area contributed by atoms with Crippen LogP contribution in [0.25, 0.3) is 21.1 Å². The van der Waals surface area contributed by atoms with Gasteiger partial charge in [0.15, 0.2) is 0 Å². The summed E-state index contributed by atoms with van der Waals surface area (Å²) in [6.07, 6.45) is 0. The van der Waals surface area contributed by atoms with E-state index in [-0.39, 0.29) is 5.91 Å². The van der Waals surface area contributed by atoms with E-state index in [1.807, 2.05) is 42.5 Å². The quantitative estimate of drug-likeness (QED) is 0.516. The Morgan fingerprint density at radius 2 is 1.84 bits per heavy atom. The van der Waals surface area contributed by atoms with E-state index in [9.17, 15) is 4.79 Å². The molecule has 1 aliphatic rings. The first-order valence-electron chi connectivity index (χ1n) is 10.3. The summed E-state index contributed by atoms with van der Waals surface area (Å²) in [6, 6.07) is 17.8. The molecule has 0 radical (unpaired) electrons. The van der Waals surface area contributed by atoms with Crippen LogP contribution in [0, 0.1) is 0 Å². The number of nitrogens with zero attached hydrogens (tertiary/aromatic N) is 3. The highest BCUT2D eigenvalue weighted by molar-refractivity contribution is 7.20. The van der Waals surface area contributed by atoms with Crippen LogP contribution in [0.2, 0.25) is 0 Å². The number of fused-ring (bicyclic) bond motifs is 2. The molecule has 4 aromatic rings. The van der Waals surface area contributed by atoms with Gasteiger partial charge in [0.25, 0.3) is 5.91 Å². The van der Waals surface area contributed by atoms with Crippen LogP contribution in [0.15, 0.2) is 54.6 Å². The summed E-state index contributed by atoms with van der Waals surface area (Å²) in [5.41, 5.74) is 2.81. The normalized spacial score (nSPS) is 14.8. The van der Waals surface area contributed by atoms with Gasteiger partial charge in [0, 0.05) is 37.0 Å². The number of methoxy groups -OCH3 is 1. The Hall–Kier alpha value is -3.16. The Bertz CT molecular complexity index is 1260. The van der Waals surface area contributed by atoms with E-state index in [0.717, 1.165) is 64.4 Å². The van der Waals surface area contributed by atoms with Gasteiger partial charge in [-0.05, 0) is 49.5 Å². The number of ether oxygens (including phenoxy) is 1. The molecular formula is C24H24N4O2S. The lowest BCUT2D eigenvalue weighted by Crippen LogP contribution is -2.44. The van der Waals surface area contributed by atoms with Crippen LogP contribution in [0.4, 0.5) is 11.4 Å². The topological polar surface area (TPSA) is 57.7 Å². The standard InChI is InChI=1S/C24H24N4O2S/c1-27-9-11-28(12-10-27)21-6-4-3-5-20(21)25-23(29)22-15-17-13-16-14-18(30-2)7-8-19(16)26-24(17)31-22/h3-8,13-15H,9-12H2,1-2H3,(H,25,29). The number of rotatable bonds is 4. The molecule has 5 rings (SSSR count). The van der Waals surface area contributed by atoms with Crippen molar-refractivity contribution < 1.29 is 9.53 Å². The van der Waals surface area contributed by atoms with E-state index in [4.69, 9.17) is 9.72 Å². The third-order valence-electron chi connectivity index (χ3n) is 5.73. The molecule has 1 N–H and O–H groups in total. The number of carbonyl (C=O) groups excluding carboxylic acids is 1. The molecule has 1 fully saturated rings. The van der Waals surface area contributed by atoms with E-state index in [0.29, 0.717) is 4.88 Å². The smallest absolute Gasteiger partial charge is 0.265 e. The number of piperazine rings is 1. The molecule has 1 aliphatic heterocycles. The van der Waals surface area contributed by atoms with Crippen LogP contribution in [-0.4, -0.2) is 56.1 Å². The van der Waals surface area contributed by atoms with Gasteiger partial charge in [0.05, 0.1) is 28.9 Å². The largest absolute Gasteiger partial charge is 0.497 e. The van der Waals surface area contributed by atoms with Crippen molar-refractivity contribution in [3.63, 3.8) is 0 Å². The minimum Gasteiger partial charge on any atom is -0.497 e. The zero-order valence-corrected chi connectivity index (χ0v) is 18.4. The van der Waals surface area contributed by atoms with Crippen molar-refractivity contribution in [1.29, 1.82) is 0 Å². The van der Waals surface area contributed by atoms with Gasteiger partial charge in [0.2, 0.25) is 0 Å². The van der Waals surface area contributed by atoms with Gasteiger partial charge in [0.1, 0.15) is 10.6 Å². The highest BCUT2D eigenvalue weighted by Gasteiger charge is 2.19. The summed E-state index contributed by atoms with van der Waals surface area (Å²) >= 11 is 1.42. The zero-order chi connectivity index (χ0) is 21.4. The second kappa shape index (κ2) is 8.17. The summed E-state index contributed by atoms with van der Waals surface area (Å²) in [4.78, 5) is 24.0. The summed E-state index contributed by atoms with van der Waals surface area (Å²) in [7, 11) is 3.79. The van der Waals surface area contributed by atoms with Gasteiger partial charge in [-0.25, -0.2) is 4.98 Å². The van der Waals surface area contributed by atoms with Crippen molar-refractivity contribution in [3.8, 4) is 5.75 Å². The van der Waals surface area contributed by atoms with Crippen LogP contribution in [-0.2, 0) is 0 Å². The molecule has 0 saturated carbocycles. The van der Waals surface area contributed by atoms with Gasteiger partial charge in [-0.1, -0.05) is 12.1 Å². The molecule has 2 aromatic heterocycles. The molecule has 6 nitrogen and oxygen atoms in total. The van der Waals surface area contributed by atoms with Gasteiger partial charge < -0.3 is 19.9 Å². The molecule has 1 saturated heterocycles. The third-order valence-corrected chi connectivity index (χ3v) is 6.77. The highest BCUT2D eigenvalue weighted by atomic mass is 32.1. The van der Waals surface area contributed by atoms with Crippen LogP contribution in [0.1, 0.15) is 9.67 Å². The fraction of sp³-hybridized carbons (Fsp3) is 0.250. The zero-order valence-electron chi connectivity index (χ0n) is 17.6. The van der Waals surface area contributed by atoms with E-state index in [2.05, 4.69) is 34.3 Å². The molecule has 0 unspecified atom stereocenters. The molecule has 158 valence electrons. The maximum absolute atomic E-state index is 13.1. The summed E-state index contributed by atoms with van der Waals surface area (Å²) < 4.78 is 5.32. The van der Waals surface area contributed by atoms with Crippen molar-refractivity contribution in [2.24, 2.45) is 0 Å². The Labute approximate surface area is 185 Å². The molecule has 0 atom stereocenters. The fourth-order valence-electron chi connectivity index (χ4n) is 3.94. The Morgan fingerprint density at radius 3 is 2.65 bits per heavy atom. The number of benzene rings is 2. The second-order valence-electron chi connectivity index (χ2n) is 7.81. The van der Waals surface area contributed by atoms with Crippen LogP contribution in [0.5, 0.6) is 5.75 Å². The third kappa shape index (κ3) is 3.94. The van der Waals surface area contributed by atoms with Gasteiger partial charge in [-0.15, -0.1) is 11.3 Å². The first-order valence-corrected chi connectivity index (χ1v) is 11.1. The second-order valence-corrected chi connectivity index (χ2v) is 8.84. The summed E-state index contributed by atoms with van der Waals surface area (Å²) in [6.45, 7) is 3.93. The van der Waals surface area contributed by atoms with Crippen LogP contribution < -0.4 is 15.0 Å². The number of carbonyl (C=O) groups is 1. The van der Waals surface area contributed by atoms with Crippen molar-refractivity contribution in [3.05, 3.63) is 59.5 Å². The van der Waals surface area contributed by atoms with Gasteiger partial charge >= 0.3 is 0 Å². The number of nitrogens with one attached hydrogen (secondary N) is 1. The molecule has 2 aromatic carbocycles. The lowest BCUT2D eigenvalue weighted by Gasteiger charge is -2.35. The molecule has 0 spiro atoms. The lowest BCUT2D eigenvalue weighted by atomic mass is 10.2. The average Bonchev–Trinajstić information content (AvgIpc) is 3.21. The minimum absolute atomic E-state index is 0.105. The molecule has 3 heterocycles. The Kier molecular flexibility index (Phi) is 5.21. The molecule has 1 amide bonds. The van der Waals surface area contributed by atoms with Crippen LogP contribution >= 0.6 is 11.3 Å². The maximum atomic E-state index is 13.1. The summed E-state index contributed by atoms with van der Waals surface area (Å²) in [5.74, 6) is 0.688. The fourth-order valence-corrected chi connectivity index (χ4v) is 4.86. The van der Waals surface area contributed by atoms with E-state index >= 15 is 0 Å². The number of aromatic nitrogens is 1. The molecule has 7 heteroatoms. The number of hydrogen-bond donors (Lipinski definition) is 1. The van der Waals surface area contributed by atoms with E-state index in [1.54, 1.807) is 7.11 Å². The van der Waals surface area contributed by atoms with E-state index in [1.165, 1.54) is 11.3 Å². The monoisotopic (exact) mass is 432 g/mol. The number of amides is 1. The van der Waals surface area contributed by atoms with Crippen LogP contribution in [0.3, 0.4) is 0 Å². The number of likely N-dealkylation sites (N-methyl/N-ethyl adjacent to an activating group) is 1. The number of anilines is 2. The first kappa shape index (κ1) is 19.8. The van der Waals surface area contributed by atoms with Crippen molar-refractivity contribution in [1.82, 2.24) is 9.88 Å². The number of para-hydroxylation sites is 2. The predicted molar refractivity (Wildman–Crippen MR) is 128 cm³/mol. The molecule has 0 aliphatic carbocycles. The average molecular weight is 433 g/mol. The SMILES string of the molecule is COc1ccc2nc3sc(C(=O)Nc4ccccc4N4CCN(C)CC4)cc3cc2c1. The van der Waals surface area contributed by atoms with E-state index < -0.39 is 0 Å². The lowest BCUT2D eigenvalue weighted by molar-refractivity contribution is 0.103. The number of thiophene rings is 1. The maximum Gasteiger partial charge on any atom is 0.265 e. The molecule has 31 heavy (non-hydrogen) atoms. The first-order chi connectivity index (χ1) is 15.1. The Morgan fingerprint density at radius 1 is 1.03 bits per heavy atom. The van der Waals surface area contributed by atoms with Crippen molar-refractivity contribution in [2.75, 3.05) is 50.6 Å². The molecular weight excluding hydrogens is 408 g/mol. The Balaban J connectivity index is 1.42. The number of pyridine rings is 1. The predicted octanol–water partition coefficient (Wildman–Crippen LogP) is 4.46. The van der Waals surface area contributed by atoms with Crippen molar-refractivity contribution >= 4 is 49.7 Å². The molecule has 0 bridgehead atoms. The summed E-state index contributed by atoms with van der Waals surface area (Å²) in [5, 5.41) is 5.08. The highest BCUT2D eigenvalue weighted by Crippen LogP contribution is 2.31. The minimum atomic E-state index is -0.105. The van der Waals surface area contributed by atoms with Crippen molar-refractivity contribution in [2.45, 2.75) is 0 Å². The van der Waals surface area contributed by atoms with Gasteiger partial charge in [-0.2, -0.15) is 0 Å². The number of hydrogen-bond acceptors (Lipinski definition) is 6. The van der Waals surface area contributed by atoms with Gasteiger partial charge in [-0.3, -0.25) is 4.79 Å².